The van der Waals surface area contributed by atoms with Crippen LogP contribution in [0.4, 0.5) is 5.69 Å². The molecule has 0 aliphatic rings. The van der Waals surface area contributed by atoms with Crippen molar-refractivity contribution in [3.63, 3.8) is 0 Å². The minimum atomic E-state index is -0.770. The van der Waals surface area contributed by atoms with E-state index in [1.165, 1.54) is 0 Å². The summed E-state index contributed by atoms with van der Waals surface area (Å²) in [6.45, 7) is 3.63. The van der Waals surface area contributed by atoms with Crippen LogP contribution in [0.2, 0.25) is 0 Å². The van der Waals surface area contributed by atoms with Crippen LogP contribution >= 0.6 is 0 Å². The van der Waals surface area contributed by atoms with Crippen molar-refractivity contribution in [3.05, 3.63) is 29.8 Å². The maximum absolute atomic E-state index is 11.1. The third kappa shape index (κ3) is 2.49. The Kier molecular flexibility index (Phi) is 3.35. The zero-order chi connectivity index (χ0) is 11.5. The first kappa shape index (κ1) is 11.6. The number of aliphatic carboxylic acids is 1. The quantitative estimate of drug-likeness (QED) is 0.745. The zero-order valence-corrected chi connectivity index (χ0v) is 9.16. The van der Waals surface area contributed by atoms with Gasteiger partial charge >= 0.3 is 5.97 Å². The molecule has 3 heteroatoms. The third-order valence-electron chi connectivity index (χ3n) is 2.93. The first-order valence-corrected chi connectivity index (χ1v) is 5.06. The lowest BCUT2D eigenvalue weighted by Crippen LogP contribution is -2.29. The molecule has 0 aliphatic heterocycles. The van der Waals surface area contributed by atoms with Crippen LogP contribution in [0.5, 0.6) is 0 Å². The Labute approximate surface area is 89.9 Å². The van der Waals surface area contributed by atoms with Crippen molar-refractivity contribution >= 4 is 11.7 Å². The molecule has 3 nitrogen and oxygen atoms in total. The normalized spacial score (nSPS) is 14.5. The number of hydrogen-bond acceptors (Lipinski definition) is 2. The van der Waals surface area contributed by atoms with Gasteiger partial charge in [0.05, 0.1) is 5.41 Å². The molecule has 82 valence electrons. The highest BCUT2D eigenvalue weighted by Gasteiger charge is 2.31. The molecule has 0 saturated carbocycles. The SMILES string of the molecule is CCC(C)(Cc1ccccc1N)C(=O)O. The molecule has 0 heterocycles. The molecule has 0 bridgehead atoms. The van der Waals surface area contributed by atoms with Crippen molar-refractivity contribution in [3.8, 4) is 0 Å². The van der Waals surface area contributed by atoms with Crippen LogP contribution in [0.25, 0.3) is 0 Å². The van der Waals surface area contributed by atoms with Crippen LogP contribution in [-0.2, 0) is 11.2 Å². The summed E-state index contributed by atoms with van der Waals surface area (Å²) in [5.74, 6) is -0.770. The van der Waals surface area contributed by atoms with Crippen LogP contribution < -0.4 is 5.73 Å². The van der Waals surface area contributed by atoms with Crippen molar-refractivity contribution in [1.82, 2.24) is 0 Å². The van der Waals surface area contributed by atoms with Crippen molar-refractivity contribution < 1.29 is 9.90 Å². The van der Waals surface area contributed by atoms with Crippen LogP contribution in [0.1, 0.15) is 25.8 Å². The third-order valence-corrected chi connectivity index (χ3v) is 2.93. The monoisotopic (exact) mass is 207 g/mol. The topological polar surface area (TPSA) is 63.3 Å². The fourth-order valence-electron chi connectivity index (χ4n) is 1.47. The first-order valence-electron chi connectivity index (χ1n) is 5.06. The van der Waals surface area contributed by atoms with E-state index in [1.807, 2.05) is 25.1 Å². The van der Waals surface area contributed by atoms with E-state index in [0.29, 0.717) is 18.5 Å². The summed E-state index contributed by atoms with van der Waals surface area (Å²) >= 11 is 0. The summed E-state index contributed by atoms with van der Waals surface area (Å²) in [5, 5.41) is 9.14. The number of benzene rings is 1. The molecule has 15 heavy (non-hydrogen) atoms. The Balaban J connectivity index is 2.94. The van der Waals surface area contributed by atoms with Gasteiger partial charge in [0.25, 0.3) is 0 Å². The fourth-order valence-corrected chi connectivity index (χ4v) is 1.47. The summed E-state index contributed by atoms with van der Waals surface area (Å²) in [7, 11) is 0. The van der Waals surface area contributed by atoms with Crippen LogP contribution in [-0.4, -0.2) is 11.1 Å². The number of nitrogens with two attached hydrogens (primary N) is 1. The molecule has 0 spiro atoms. The van der Waals surface area contributed by atoms with E-state index in [9.17, 15) is 4.79 Å². The van der Waals surface area contributed by atoms with Gasteiger partial charge in [-0.05, 0) is 31.4 Å². The first-order chi connectivity index (χ1) is 6.99. The minimum absolute atomic E-state index is 0.478. The van der Waals surface area contributed by atoms with E-state index in [1.54, 1.807) is 13.0 Å². The molecule has 0 radical (unpaired) electrons. The summed E-state index contributed by atoms with van der Waals surface area (Å²) in [5.41, 5.74) is 6.63. The van der Waals surface area contributed by atoms with Gasteiger partial charge in [0.1, 0.15) is 0 Å². The summed E-state index contributed by atoms with van der Waals surface area (Å²) < 4.78 is 0. The zero-order valence-electron chi connectivity index (χ0n) is 9.16. The average molecular weight is 207 g/mol. The van der Waals surface area contributed by atoms with Crippen molar-refractivity contribution in [2.75, 3.05) is 5.73 Å². The summed E-state index contributed by atoms with van der Waals surface area (Å²) in [6, 6.07) is 7.41. The number of para-hydroxylation sites is 1. The molecule has 3 N–H and O–H groups in total. The van der Waals surface area contributed by atoms with E-state index in [0.717, 1.165) is 5.56 Å². The number of carboxylic acid groups (broad SMARTS) is 1. The Morgan fingerprint density at radius 1 is 1.47 bits per heavy atom. The second-order valence-corrected chi connectivity index (χ2v) is 4.09. The van der Waals surface area contributed by atoms with Gasteiger partial charge in [0.15, 0.2) is 0 Å². The number of hydrogen-bond donors (Lipinski definition) is 2. The lowest BCUT2D eigenvalue weighted by molar-refractivity contribution is -0.148. The largest absolute Gasteiger partial charge is 0.481 e. The molecule has 1 aromatic carbocycles. The highest BCUT2D eigenvalue weighted by Crippen LogP contribution is 2.28. The second-order valence-electron chi connectivity index (χ2n) is 4.09. The fraction of sp³-hybridized carbons (Fsp3) is 0.417. The van der Waals surface area contributed by atoms with Gasteiger partial charge in [-0.1, -0.05) is 25.1 Å². The van der Waals surface area contributed by atoms with Gasteiger partial charge in [-0.15, -0.1) is 0 Å². The Bertz CT molecular complexity index is 362. The lowest BCUT2D eigenvalue weighted by Gasteiger charge is -2.23. The molecule has 1 aromatic rings. The minimum Gasteiger partial charge on any atom is -0.481 e. The van der Waals surface area contributed by atoms with Crippen LogP contribution in [0.15, 0.2) is 24.3 Å². The molecular weight excluding hydrogens is 190 g/mol. The number of anilines is 1. The van der Waals surface area contributed by atoms with Gasteiger partial charge in [-0.3, -0.25) is 4.79 Å². The van der Waals surface area contributed by atoms with E-state index < -0.39 is 11.4 Å². The number of carbonyl (C=O) groups is 1. The highest BCUT2D eigenvalue weighted by atomic mass is 16.4. The summed E-state index contributed by atoms with van der Waals surface area (Å²) in [4.78, 5) is 11.1. The van der Waals surface area contributed by atoms with Crippen molar-refractivity contribution in [2.45, 2.75) is 26.7 Å². The van der Waals surface area contributed by atoms with E-state index >= 15 is 0 Å². The molecule has 1 atom stereocenters. The van der Waals surface area contributed by atoms with Gasteiger partial charge in [0, 0.05) is 5.69 Å². The number of nitrogen functional groups attached to an aromatic ring is 1. The predicted octanol–water partition coefficient (Wildman–Crippen LogP) is 2.31. The van der Waals surface area contributed by atoms with E-state index in [2.05, 4.69) is 0 Å². The van der Waals surface area contributed by atoms with Gasteiger partial charge < -0.3 is 10.8 Å². The smallest absolute Gasteiger partial charge is 0.309 e. The van der Waals surface area contributed by atoms with Crippen LogP contribution in [0.3, 0.4) is 0 Å². The van der Waals surface area contributed by atoms with Crippen molar-refractivity contribution in [2.24, 2.45) is 5.41 Å². The molecule has 0 aromatic heterocycles. The molecular formula is C12H17NO2. The Morgan fingerprint density at radius 2 is 2.07 bits per heavy atom. The predicted molar refractivity (Wildman–Crippen MR) is 60.6 cm³/mol. The maximum Gasteiger partial charge on any atom is 0.309 e. The molecule has 0 amide bonds. The maximum atomic E-state index is 11.1. The van der Waals surface area contributed by atoms with E-state index in [-0.39, 0.29) is 0 Å². The lowest BCUT2D eigenvalue weighted by atomic mass is 9.81. The number of carboxylic acids is 1. The van der Waals surface area contributed by atoms with Gasteiger partial charge in [-0.25, -0.2) is 0 Å². The number of rotatable bonds is 4. The summed E-state index contributed by atoms with van der Waals surface area (Å²) in [6.07, 6.45) is 1.07. The average Bonchev–Trinajstić information content (AvgIpc) is 2.21. The molecule has 0 fully saturated rings. The molecule has 1 unspecified atom stereocenters. The van der Waals surface area contributed by atoms with Crippen molar-refractivity contribution in [1.29, 1.82) is 0 Å². The second kappa shape index (κ2) is 4.34. The Hall–Kier alpha value is -1.51. The van der Waals surface area contributed by atoms with E-state index in [4.69, 9.17) is 10.8 Å². The molecule has 0 saturated heterocycles. The van der Waals surface area contributed by atoms with Gasteiger partial charge in [-0.2, -0.15) is 0 Å². The standard InChI is InChI=1S/C12H17NO2/c1-3-12(2,11(14)15)8-9-6-4-5-7-10(9)13/h4-7H,3,8,13H2,1-2H3,(H,14,15). The molecule has 1 rings (SSSR count). The van der Waals surface area contributed by atoms with Crippen LogP contribution in [0, 0.1) is 5.41 Å². The highest BCUT2D eigenvalue weighted by molar-refractivity contribution is 5.75. The Morgan fingerprint density at radius 3 is 2.53 bits per heavy atom. The molecule has 0 aliphatic carbocycles. The van der Waals surface area contributed by atoms with Gasteiger partial charge in [0.2, 0.25) is 0 Å².